The minimum absolute atomic E-state index is 0.0804. The van der Waals surface area contributed by atoms with Crippen molar-refractivity contribution in [3.8, 4) is 0 Å². The van der Waals surface area contributed by atoms with E-state index in [1.54, 1.807) is 19.9 Å². The smallest absolute Gasteiger partial charge is 0.259 e. The summed E-state index contributed by atoms with van der Waals surface area (Å²) in [5.74, 6) is 0.305. The zero-order chi connectivity index (χ0) is 12.1. The fraction of sp³-hybridized carbons (Fsp3) is 0.455. The van der Waals surface area contributed by atoms with E-state index in [1.165, 1.54) is 4.90 Å². The second-order valence-electron chi connectivity index (χ2n) is 3.46. The van der Waals surface area contributed by atoms with Gasteiger partial charge in [0.2, 0.25) is 0 Å². The molecular weight excluding hydrogens is 208 g/mol. The van der Waals surface area contributed by atoms with Crippen molar-refractivity contribution in [3.63, 3.8) is 0 Å². The fourth-order valence-corrected chi connectivity index (χ4v) is 1.50. The van der Waals surface area contributed by atoms with Gasteiger partial charge < -0.3 is 14.5 Å². The number of amides is 1. The van der Waals surface area contributed by atoms with Crippen molar-refractivity contribution in [3.05, 3.63) is 29.7 Å². The molecule has 0 radical (unpaired) electrons. The van der Waals surface area contributed by atoms with E-state index in [4.69, 9.17) is 9.63 Å². The summed E-state index contributed by atoms with van der Waals surface area (Å²) in [4.78, 5) is 13.6. The number of rotatable bonds is 5. The van der Waals surface area contributed by atoms with Gasteiger partial charge in [0.15, 0.2) is 0 Å². The lowest BCUT2D eigenvalue weighted by Crippen LogP contribution is -2.34. The number of hydrogen-bond acceptors (Lipinski definition) is 4. The molecule has 0 aliphatic heterocycles. The highest BCUT2D eigenvalue weighted by atomic mass is 16.5. The Labute approximate surface area is 94.3 Å². The zero-order valence-corrected chi connectivity index (χ0v) is 9.56. The molecule has 16 heavy (non-hydrogen) atoms. The standard InChI is InChI=1S/C11H16N2O3/c1-4-5-13(6-7-14)11(15)10-8(2)12-16-9(10)3/h4,14H,1,5-7H2,2-3H3. The number of aliphatic hydroxyl groups is 1. The summed E-state index contributed by atoms with van der Waals surface area (Å²) in [6.07, 6.45) is 1.62. The van der Waals surface area contributed by atoms with Gasteiger partial charge in [0.1, 0.15) is 11.3 Å². The summed E-state index contributed by atoms with van der Waals surface area (Å²) >= 11 is 0. The lowest BCUT2D eigenvalue weighted by atomic mass is 10.2. The molecule has 0 fully saturated rings. The SMILES string of the molecule is C=CCN(CCO)C(=O)c1c(C)noc1C. The van der Waals surface area contributed by atoms with Crippen molar-refractivity contribution in [1.29, 1.82) is 0 Å². The average molecular weight is 224 g/mol. The van der Waals surface area contributed by atoms with Crippen LogP contribution in [-0.2, 0) is 0 Å². The molecule has 0 atom stereocenters. The van der Waals surface area contributed by atoms with E-state index in [0.717, 1.165) is 0 Å². The lowest BCUT2D eigenvalue weighted by Gasteiger charge is -2.19. The molecule has 1 N–H and O–H groups in total. The van der Waals surface area contributed by atoms with E-state index in [0.29, 0.717) is 23.6 Å². The monoisotopic (exact) mass is 224 g/mol. The molecule has 1 amide bonds. The van der Waals surface area contributed by atoms with Crippen molar-refractivity contribution < 1.29 is 14.4 Å². The van der Waals surface area contributed by atoms with E-state index >= 15 is 0 Å². The predicted octanol–water partition coefficient (Wildman–Crippen LogP) is 0.912. The third kappa shape index (κ3) is 2.49. The zero-order valence-electron chi connectivity index (χ0n) is 9.56. The number of carbonyl (C=O) groups is 1. The molecule has 5 nitrogen and oxygen atoms in total. The number of aliphatic hydroxyl groups excluding tert-OH is 1. The molecule has 0 saturated heterocycles. The Morgan fingerprint density at radius 1 is 1.62 bits per heavy atom. The maximum absolute atomic E-state index is 12.1. The Morgan fingerprint density at radius 3 is 2.75 bits per heavy atom. The molecule has 5 heteroatoms. The van der Waals surface area contributed by atoms with E-state index in [2.05, 4.69) is 11.7 Å². The number of nitrogens with zero attached hydrogens (tertiary/aromatic N) is 2. The Kier molecular flexibility index (Phi) is 4.25. The molecule has 0 spiro atoms. The minimum atomic E-state index is -0.190. The predicted molar refractivity (Wildman–Crippen MR) is 59.2 cm³/mol. The first-order valence-electron chi connectivity index (χ1n) is 5.05. The normalized spacial score (nSPS) is 10.2. The summed E-state index contributed by atoms with van der Waals surface area (Å²) in [5.41, 5.74) is 1.03. The number of hydrogen-bond donors (Lipinski definition) is 1. The van der Waals surface area contributed by atoms with Gasteiger partial charge in [-0.25, -0.2) is 0 Å². The third-order valence-electron chi connectivity index (χ3n) is 2.25. The van der Waals surface area contributed by atoms with Crippen LogP contribution in [0.15, 0.2) is 17.2 Å². The molecule has 1 aromatic rings. The third-order valence-corrected chi connectivity index (χ3v) is 2.25. The first kappa shape index (κ1) is 12.4. The van der Waals surface area contributed by atoms with Crippen molar-refractivity contribution in [2.45, 2.75) is 13.8 Å². The van der Waals surface area contributed by atoms with Crippen LogP contribution in [0.25, 0.3) is 0 Å². The Balaban J connectivity index is 2.93. The van der Waals surface area contributed by atoms with Gasteiger partial charge >= 0.3 is 0 Å². The highest BCUT2D eigenvalue weighted by Gasteiger charge is 2.22. The quantitative estimate of drug-likeness (QED) is 0.755. The van der Waals surface area contributed by atoms with E-state index in [1.807, 2.05) is 0 Å². The highest BCUT2D eigenvalue weighted by Crippen LogP contribution is 2.14. The molecule has 1 rings (SSSR count). The maximum Gasteiger partial charge on any atom is 0.259 e. The second kappa shape index (κ2) is 5.46. The highest BCUT2D eigenvalue weighted by molar-refractivity contribution is 5.96. The first-order chi connectivity index (χ1) is 7.61. The molecule has 0 aliphatic carbocycles. The molecule has 0 saturated carbocycles. The van der Waals surface area contributed by atoms with E-state index in [9.17, 15) is 4.79 Å². The van der Waals surface area contributed by atoms with E-state index in [-0.39, 0.29) is 19.1 Å². The van der Waals surface area contributed by atoms with Crippen LogP contribution < -0.4 is 0 Å². The summed E-state index contributed by atoms with van der Waals surface area (Å²) in [6, 6.07) is 0. The van der Waals surface area contributed by atoms with Crippen molar-refractivity contribution in [1.82, 2.24) is 10.1 Å². The topological polar surface area (TPSA) is 66.6 Å². The molecule has 1 heterocycles. The average Bonchev–Trinajstić information content (AvgIpc) is 2.57. The number of aromatic nitrogens is 1. The summed E-state index contributed by atoms with van der Waals surface area (Å²) in [5, 5.41) is 12.6. The summed E-state index contributed by atoms with van der Waals surface area (Å²) in [6.45, 7) is 7.57. The van der Waals surface area contributed by atoms with Crippen molar-refractivity contribution >= 4 is 5.91 Å². The first-order valence-corrected chi connectivity index (χ1v) is 5.05. The molecular formula is C11H16N2O3. The van der Waals surface area contributed by atoms with Crippen LogP contribution in [0.1, 0.15) is 21.8 Å². The van der Waals surface area contributed by atoms with Crippen molar-refractivity contribution in [2.24, 2.45) is 0 Å². The fourth-order valence-electron chi connectivity index (χ4n) is 1.50. The Bertz CT molecular complexity index is 365. The van der Waals surface area contributed by atoms with Crippen LogP contribution in [0, 0.1) is 13.8 Å². The van der Waals surface area contributed by atoms with Gasteiger partial charge in [0, 0.05) is 13.1 Å². The largest absolute Gasteiger partial charge is 0.395 e. The second-order valence-corrected chi connectivity index (χ2v) is 3.46. The molecule has 1 aromatic heterocycles. The Morgan fingerprint density at radius 2 is 2.31 bits per heavy atom. The Hall–Kier alpha value is -1.62. The van der Waals surface area contributed by atoms with Gasteiger partial charge in [-0.05, 0) is 13.8 Å². The molecule has 0 aliphatic rings. The van der Waals surface area contributed by atoms with Crippen LogP contribution in [-0.4, -0.2) is 40.8 Å². The summed E-state index contributed by atoms with van der Waals surface area (Å²) < 4.78 is 4.94. The number of aryl methyl sites for hydroxylation is 2. The van der Waals surface area contributed by atoms with Gasteiger partial charge in [-0.1, -0.05) is 11.2 Å². The molecule has 88 valence electrons. The van der Waals surface area contributed by atoms with Gasteiger partial charge in [-0.15, -0.1) is 6.58 Å². The van der Waals surface area contributed by atoms with Crippen molar-refractivity contribution in [2.75, 3.05) is 19.7 Å². The van der Waals surface area contributed by atoms with E-state index < -0.39 is 0 Å². The van der Waals surface area contributed by atoms with Crippen LogP contribution in [0.2, 0.25) is 0 Å². The van der Waals surface area contributed by atoms with Gasteiger partial charge in [0.25, 0.3) is 5.91 Å². The van der Waals surface area contributed by atoms with Crippen LogP contribution in [0.5, 0.6) is 0 Å². The maximum atomic E-state index is 12.1. The van der Waals surface area contributed by atoms with Gasteiger partial charge in [-0.3, -0.25) is 4.79 Å². The molecule has 0 bridgehead atoms. The van der Waals surface area contributed by atoms with Crippen LogP contribution >= 0.6 is 0 Å². The number of carbonyl (C=O) groups excluding carboxylic acids is 1. The van der Waals surface area contributed by atoms with Crippen LogP contribution in [0.3, 0.4) is 0 Å². The lowest BCUT2D eigenvalue weighted by molar-refractivity contribution is 0.0740. The summed E-state index contributed by atoms with van der Waals surface area (Å²) in [7, 11) is 0. The molecule has 0 unspecified atom stereocenters. The minimum Gasteiger partial charge on any atom is -0.395 e. The van der Waals surface area contributed by atoms with Crippen LogP contribution in [0.4, 0.5) is 0 Å². The van der Waals surface area contributed by atoms with Gasteiger partial charge in [-0.2, -0.15) is 0 Å². The molecule has 0 aromatic carbocycles. The van der Waals surface area contributed by atoms with Gasteiger partial charge in [0.05, 0.1) is 12.3 Å².